The molecule has 158 valence electrons. The highest BCUT2D eigenvalue weighted by Crippen LogP contribution is 2.29. The lowest BCUT2D eigenvalue weighted by Gasteiger charge is -2.12. The van der Waals surface area contributed by atoms with E-state index in [4.69, 9.17) is 4.74 Å². The van der Waals surface area contributed by atoms with Gasteiger partial charge < -0.3 is 14.8 Å². The van der Waals surface area contributed by atoms with Crippen LogP contribution in [0.5, 0.6) is 11.5 Å². The second-order valence-electron chi connectivity index (χ2n) is 5.99. The standard InChI is InChI=1S/C20H18BrF2N3O3S/c1-28-17-10-13(2-7-16(17)29-19(22)23)11-25-18(27)12-30-20-24-8-9-26(20)15-5-3-14(21)4-6-15/h2-10,19H,11-12H2,1H3,(H,25,27). The highest BCUT2D eigenvalue weighted by atomic mass is 79.9. The van der Waals surface area contributed by atoms with Crippen molar-refractivity contribution in [2.24, 2.45) is 0 Å². The Morgan fingerprint density at radius 3 is 2.70 bits per heavy atom. The summed E-state index contributed by atoms with van der Waals surface area (Å²) in [5.41, 5.74) is 1.64. The molecule has 0 aliphatic carbocycles. The number of amides is 1. The average molecular weight is 498 g/mol. The zero-order valence-electron chi connectivity index (χ0n) is 15.8. The third kappa shape index (κ3) is 5.96. The first-order chi connectivity index (χ1) is 14.5. The van der Waals surface area contributed by atoms with Crippen LogP contribution in [0.1, 0.15) is 5.56 Å². The van der Waals surface area contributed by atoms with E-state index in [0.717, 1.165) is 10.2 Å². The van der Waals surface area contributed by atoms with Gasteiger partial charge in [-0.1, -0.05) is 33.8 Å². The van der Waals surface area contributed by atoms with E-state index in [2.05, 4.69) is 31.0 Å². The van der Waals surface area contributed by atoms with Gasteiger partial charge in [0, 0.05) is 29.1 Å². The number of nitrogens with one attached hydrogen (secondary N) is 1. The molecule has 1 aromatic heterocycles. The summed E-state index contributed by atoms with van der Waals surface area (Å²) in [6.45, 7) is -2.71. The second-order valence-corrected chi connectivity index (χ2v) is 7.84. The topological polar surface area (TPSA) is 65.4 Å². The second kappa shape index (κ2) is 10.4. The number of carbonyl (C=O) groups is 1. The van der Waals surface area contributed by atoms with Gasteiger partial charge in [-0.2, -0.15) is 8.78 Å². The number of carbonyl (C=O) groups excluding carboxylic acids is 1. The minimum Gasteiger partial charge on any atom is -0.493 e. The van der Waals surface area contributed by atoms with Crippen molar-refractivity contribution in [3.05, 3.63) is 64.9 Å². The molecule has 1 heterocycles. The molecule has 1 amide bonds. The van der Waals surface area contributed by atoms with Gasteiger partial charge in [-0.15, -0.1) is 0 Å². The van der Waals surface area contributed by atoms with Gasteiger partial charge in [-0.25, -0.2) is 4.98 Å². The maximum absolute atomic E-state index is 12.4. The van der Waals surface area contributed by atoms with E-state index in [1.807, 2.05) is 35.0 Å². The zero-order chi connectivity index (χ0) is 21.5. The van der Waals surface area contributed by atoms with Crippen LogP contribution in [0.3, 0.4) is 0 Å². The van der Waals surface area contributed by atoms with Gasteiger partial charge in [0.1, 0.15) is 0 Å². The Kier molecular flexibility index (Phi) is 7.69. The monoisotopic (exact) mass is 497 g/mol. The Balaban J connectivity index is 1.55. The lowest BCUT2D eigenvalue weighted by molar-refractivity contribution is -0.118. The molecule has 10 heteroatoms. The van der Waals surface area contributed by atoms with E-state index in [0.29, 0.717) is 10.7 Å². The molecule has 0 atom stereocenters. The Labute approximate surface area is 184 Å². The lowest BCUT2D eigenvalue weighted by Crippen LogP contribution is -2.24. The first kappa shape index (κ1) is 22.1. The molecule has 0 aliphatic rings. The number of ether oxygens (including phenoxy) is 2. The summed E-state index contributed by atoms with van der Waals surface area (Å²) in [7, 11) is 1.36. The fourth-order valence-corrected chi connectivity index (χ4v) is 3.66. The lowest BCUT2D eigenvalue weighted by atomic mass is 10.2. The fourth-order valence-electron chi connectivity index (χ4n) is 2.59. The molecule has 0 saturated carbocycles. The van der Waals surface area contributed by atoms with Crippen molar-refractivity contribution >= 4 is 33.6 Å². The summed E-state index contributed by atoms with van der Waals surface area (Å²) >= 11 is 4.72. The number of thioether (sulfide) groups is 1. The molecule has 0 aliphatic heterocycles. The third-order valence-corrected chi connectivity index (χ3v) is 5.47. The number of aromatic nitrogens is 2. The van der Waals surface area contributed by atoms with E-state index < -0.39 is 6.61 Å². The molecule has 1 N–H and O–H groups in total. The van der Waals surface area contributed by atoms with Crippen molar-refractivity contribution in [3.8, 4) is 17.2 Å². The Bertz CT molecular complexity index is 999. The number of methoxy groups -OCH3 is 1. The highest BCUT2D eigenvalue weighted by Gasteiger charge is 2.12. The van der Waals surface area contributed by atoms with Gasteiger partial charge in [0.2, 0.25) is 5.91 Å². The summed E-state index contributed by atoms with van der Waals surface area (Å²) < 4.78 is 37.1. The smallest absolute Gasteiger partial charge is 0.387 e. The van der Waals surface area contributed by atoms with E-state index >= 15 is 0 Å². The number of nitrogens with zero attached hydrogens (tertiary/aromatic N) is 2. The van der Waals surface area contributed by atoms with Gasteiger partial charge in [-0.05, 0) is 42.0 Å². The quantitative estimate of drug-likeness (QED) is 0.435. The molecule has 0 saturated heterocycles. The SMILES string of the molecule is COc1cc(CNC(=O)CSc2nccn2-c2ccc(Br)cc2)ccc1OC(F)F. The molecule has 2 aromatic carbocycles. The molecule has 0 spiro atoms. The van der Waals surface area contributed by atoms with Gasteiger partial charge in [0.25, 0.3) is 0 Å². The first-order valence-corrected chi connectivity index (χ1v) is 10.5. The predicted octanol–water partition coefficient (Wildman–Crippen LogP) is 4.65. The molecule has 6 nitrogen and oxygen atoms in total. The predicted molar refractivity (Wildman–Crippen MR) is 113 cm³/mol. The summed E-state index contributed by atoms with van der Waals surface area (Å²) in [6, 6.07) is 12.3. The molecule has 0 radical (unpaired) electrons. The van der Waals surface area contributed by atoms with Crippen molar-refractivity contribution in [1.29, 1.82) is 0 Å². The van der Waals surface area contributed by atoms with Crippen LogP contribution in [-0.2, 0) is 11.3 Å². The van der Waals surface area contributed by atoms with Crippen LogP contribution in [0.4, 0.5) is 8.78 Å². The van der Waals surface area contributed by atoms with Gasteiger partial charge in [0.15, 0.2) is 16.7 Å². The minimum absolute atomic E-state index is 0.0575. The number of halogens is 3. The van der Waals surface area contributed by atoms with Crippen LogP contribution in [0, 0.1) is 0 Å². The van der Waals surface area contributed by atoms with Crippen LogP contribution >= 0.6 is 27.7 Å². The summed E-state index contributed by atoms with van der Waals surface area (Å²) in [4.78, 5) is 16.5. The van der Waals surface area contributed by atoms with Crippen molar-refractivity contribution < 1.29 is 23.0 Å². The minimum atomic E-state index is -2.94. The van der Waals surface area contributed by atoms with Crippen molar-refractivity contribution in [2.75, 3.05) is 12.9 Å². The Morgan fingerprint density at radius 1 is 1.23 bits per heavy atom. The molecular formula is C20H18BrF2N3O3S. The Hall–Kier alpha value is -2.59. The average Bonchev–Trinajstić information content (AvgIpc) is 3.20. The number of hydrogen-bond donors (Lipinski definition) is 1. The van der Waals surface area contributed by atoms with E-state index in [1.165, 1.54) is 24.9 Å². The maximum Gasteiger partial charge on any atom is 0.387 e. The Morgan fingerprint density at radius 2 is 2.00 bits per heavy atom. The van der Waals surface area contributed by atoms with Crippen LogP contribution in [0.15, 0.2) is 64.5 Å². The molecule has 0 fully saturated rings. The van der Waals surface area contributed by atoms with Crippen LogP contribution in [0.2, 0.25) is 0 Å². The molecule has 30 heavy (non-hydrogen) atoms. The molecular weight excluding hydrogens is 480 g/mol. The number of benzene rings is 2. The molecule has 0 unspecified atom stereocenters. The van der Waals surface area contributed by atoms with Crippen LogP contribution in [0.25, 0.3) is 5.69 Å². The normalized spacial score (nSPS) is 10.8. The zero-order valence-corrected chi connectivity index (χ0v) is 18.3. The summed E-state index contributed by atoms with van der Waals surface area (Å²) in [5, 5.41) is 3.49. The number of rotatable bonds is 9. The number of alkyl halides is 2. The van der Waals surface area contributed by atoms with Crippen LogP contribution < -0.4 is 14.8 Å². The van der Waals surface area contributed by atoms with Crippen molar-refractivity contribution in [3.63, 3.8) is 0 Å². The maximum atomic E-state index is 12.4. The fraction of sp³-hybridized carbons (Fsp3) is 0.200. The van der Waals surface area contributed by atoms with Crippen LogP contribution in [-0.4, -0.2) is 34.9 Å². The summed E-state index contributed by atoms with van der Waals surface area (Å²) in [5.74, 6) is 0.111. The van der Waals surface area contributed by atoms with Gasteiger partial charge in [0.05, 0.1) is 12.9 Å². The molecule has 0 bridgehead atoms. The molecule has 3 aromatic rings. The van der Waals surface area contributed by atoms with Gasteiger partial charge in [-0.3, -0.25) is 9.36 Å². The van der Waals surface area contributed by atoms with Crippen molar-refractivity contribution in [2.45, 2.75) is 18.3 Å². The highest BCUT2D eigenvalue weighted by molar-refractivity contribution is 9.10. The largest absolute Gasteiger partial charge is 0.493 e. The van der Waals surface area contributed by atoms with E-state index in [-0.39, 0.29) is 29.7 Å². The van der Waals surface area contributed by atoms with Crippen molar-refractivity contribution in [1.82, 2.24) is 14.9 Å². The third-order valence-electron chi connectivity index (χ3n) is 3.98. The molecule has 3 rings (SSSR count). The van der Waals surface area contributed by atoms with Gasteiger partial charge >= 0.3 is 6.61 Å². The van der Waals surface area contributed by atoms with E-state index in [1.54, 1.807) is 18.3 Å². The number of imidazole rings is 1. The first-order valence-electron chi connectivity index (χ1n) is 8.77. The number of hydrogen-bond acceptors (Lipinski definition) is 5. The van der Waals surface area contributed by atoms with E-state index in [9.17, 15) is 13.6 Å². The summed E-state index contributed by atoms with van der Waals surface area (Å²) in [6.07, 6.45) is 3.51.